The monoisotopic (exact) mass is 225 g/mol. The molecule has 1 N–H and O–H groups in total. The van der Waals surface area contributed by atoms with Gasteiger partial charge in [-0.1, -0.05) is 18.7 Å². The van der Waals surface area contributed by atoms with E-state index in [0.29, 0.717) is 0 Å². The summed E-state index contributed by atoms with van der Waals surface area (Å²) in [5.74, 6) is 1.85. The van der Waals surface area contributed by atoms with Gasteiger partial charge in [-0.25, -0.2) is 9.98 Å². The van der Waals surface area contributed by atoms with Gasteiger partial charge in [0.05, 0.1) is 4.90 Å². The number of nitrogens with zero attached hydrogens (tertiary/aromatic N) is 2. The summed E-state index contributed by atoms with van der Waals surface area (Å²) in [6.07, 6.45) is 1.85. The number of hydrogen-bond donors (Lipinski definition) is 1. The lowest BCUT2D eigenvalue weighted by Gasteiger charge is -2.14. The van der Waals surface area contributed by atoms with E-state index < -0.39 is 0 Å². The first-order valence-electron chi connectivity index (χ1n) is 4.40. The maximum absolute atomic E-state index is 4.41. The Hall–Kier alpha value is -0.680. The highest BCUT2D eigenvalue weighted by Crippen LogP contribution is 2.31. The molecule has 1 aliphatic rings. The molecular weight excluding hydrogens is 214 g/mol. The number of aromatic nitrogens is 1. The predicted molar refractivity (Wildman–Crippen MR) is 63.2 cm³/mol. The average Bonchev–Trinajstić information content (AvgIpc) is 2.19. The van der Waals surface area contributed by atoms with Gasteiger partial charge in [0.1, 0.15) is 0 Å². The molecule has 0 amide bonds. The van der Waals surface area contributed by atoms with Crippen molar-refractivity contribution >= 4 is 34.7 Å². The number of aryl methyl sites for hydroxylation is 1. The third-order valence-corrected chi connectivity index (χ3v) is 3.41. The zero-order valence-corrected chi connectivity index (χ0v) is 9.71. The third kappa shape index (κ3) is 2.04. The standard InChI is InChI=1S/C9H11N3S2/c1-3-13-9-11-8-7(14-12-9)4-6(2)5-10-8/h4-5H,3H2,1-2H3,(H,10,11,12). The van der Waals surface area contributed by atoms with Gasteiger partial charge in [-0.05, 0) is 36.3 Å². The molecule has 0 atom stereocenters. The molecule has 3 nitrogen and oxygen atoms in total. The van der Waals surface area contributed by atoms with Gasteiger partial charge in [-0.15, -0.1) is 0 Å². The van der Waals surface area contributed by atoms with Gasteiger partial charge in [0.15, 0.2) is 11.0 Å². The lowest BCUT2D eigenvalue weighted by Crippen LogP contribution is -2.15. The van der Waals surface area contributed by atoms with Crippen LogP contribution in [-0.2, 0) is 0 Å². The molecule has 1 aromatic heterocycles. The zero-order valence-electron chi connectivity index (χ0n) is 8.07. The van der Waals surface area contributed by atoms with Gasteiger partial charge < -0.3 is 4.72 Å². The quantitative estimate of drug-likeness (QED) is 0.746. The van der Waals surface area contributed by atoms with Gasteiger partial charge in [0.25, 0.3) is 0 Å². The normalized spacial score (nSPS) is 14.3. The number of nitrogens with one attached hydrogen (secondary N) is 1. The molecule has 14 heavy (non-hydrogen) atoms. The molecule has 0 unspecified atom stereocenters. The Morgan fingerprint density at radius 1 is 1.57 bits per heavy atom. The van der Waals surface area contributed by atoms with E-state index in [-0.39, 0.29) is 0 Å². The first-order valence-corrected chi connectivity index (χ1v) is 6.21. The molecule has 0 saturated carbocycles. The van der Waals surface area contributed by atoms with Gasteiger partial charge in [-0.3, -0.25) is 0 Å². The van der Waals surface area contributed by atoms with Crippen LogP contribution >= 0.6 is 23.7 Å². The van der Waals surface area contributed by atoms with Crippen molar-refractivity contribution in [3.05, 3.63) is 17.8 Å². The van der Waals surface area contributed by atoms with Crippen LogP contribution in [0.15, 0.2) is 22.2 Å². The van der Waals surface area contributed by atoms with E-state index in [1.807, 2.05) is 13.1 Å². The number of aliphatic imine (C=N–C) groups is 1. The lowest BCUT2D eigenvalue weighted by molar-refractivity contribution is 1.14. The summed E-state index contributed by atoms with van der Waals surface area (Å²) in [6, 6.07) is 2.09. The average molecular weight is 225 g/mol. The van der Waals surface area contributed by atoms with Crippen molar-refractivity contribution in [2.45, 2.75) is 18.7 Å². The van der Waals surface area contributed by atoms with E-state index in [1.54, 1.807) is 23.7 Å². The van der Waals surface area contributed by atoms with Gasteiger partial charge in [-0.2, -0.15) is 0 Å². The smallest absolute Gasteiger partial charge is 0.173 e. The summed E-state index contributed by atoms with van der Waals surface area (Å²) in [5, 5.41) is 0.946. The maximum atomic E-state index is 4.41. The molecule has 5 heteroatoms. The van der Waals surface area contributed by atoms with E-state index in [4.69, 9.17) is 0 Å². The SMILES string of the molecule is CCSC1=Nc2ncc(C)cc2SN1. The highest BCUT2D eigenvalue weighted by atomic mass is 32.2. The lowest BCUT2D eigenvalue weighted by atomic mass is 10.3. The second-order valence-electron chi connectivity index (χ2n) is 2.89. The minimum absolute atomic E-state index is 0.829. The maximum Gasteiger partial charge on any atom is 0.173 e. The fraction of sp³-hybridized carbons (Fsp3) is 0.333. The zero-order chi connectivity index (χ0) is 9.97. The second kappa shape index (κ2) is 4.23. The summed E-state index contributed by atoms with van der Waals surface area (Å²) in [7, 11) is 0. The Balaban J connectivity index is 2.30. The number of pyridine rings is 1. The van der Waals surface area contributed by atoms with E-state index in [9.17, 15) is 0 Å². The van der Waals surface area contributed by atoms with E-state index in [2.05, 4.69) is 27.7 Å². The van der Waals surface area contributed by atoms with Crippen molar-refractivity contribution in [3.63, 3.8) is 0 Å². The third-order valence-electron chi connectivity index (χ3n) is 1.71. The molecule has 0 saturated heterocycles. The van der Waals surface area contributed by atoms with Crippen molar-refractivity contribution in [1.29, 1.82) is 0 Å². The molecule has 1 aliphatic heterocycles. The van der Waals surface area contributed by atoms with Crippen LogP contribution in [0.5, 0.6) is 0 Å². The largest absolute Gasteiger partial charge is 0.305 e. The van der Waals surface area contributed by atoms with Crippen molar-refractivity contribution in [1.82, 2.24) is 9.71 Å². The van der Waals surface area contributed by atoms with Crippen LogP contribution < -0.4 is 4.72 Å². The Labute approximate surface area is 91.9 Å². The molecule has 0 aromatic carbocycles. The molecular formula is C9H11N3S2. The topological polar surface area (TPSA) is 37.3 Å². The molecule has 1 aromatic rings. The fourth-order valence-corrected chi connectivity index (χ4v) is 2.57. The molecule has 2 rings (SSSR count). The Kier molecular flexibility index (Phi) is 2.98. The summed E-state index contributed by atoms with van der Waals surface area (Å²) < 4.78 is 3.19. The van der Waals surface area contributed by atoms with Crippen molar-refractivity contribution in [2.24, 2.45) is 4.99 Å². The van der Waals surface area contributed by atoms with Crippen molar-refractivity contribution in [2.75, 3.05) is 5.75 Å². The van der Waals surface area contributed by atoms with Crippen LogP contribution in [0.3, 0.4) is 0 Å². The number of thioether (sulfide) groups is 1. The number of rotatable bonds is 1. The molecule has 0 fully saturated rings. The number of fused-ring (bicyclic) bond motifs is 1. The van der Waals surface area contributed by atoms with E-state index in [1.165, 1.54) is 5.56 Å². The summed E-state index contributed by atoms with van der Waals surface area (Å²) >= 11 is 3.28. The summed E-state index contributed by atoms with van der Waals surface area (Å²) in [5.41, 5.74) is 1.17. The number of amidine groups is 1. The van der Waals surface area contributed by atoms with E-state index in [0.717, 1.165) is 21.6 Å². The predicted octanol–water partition coefficient (Wildman–Crippen LogP) is 2.74. The van der Waals surface area contributed by atoms with Crippen LogP contribution in [0.2, 0.25) is 0 Å². The Morgan fingerprint density at radius 2 is 2.43 bits per heavy atom. The minimum atomic E-state index is 0.829. The summed E-state index contributed by atoms with van der Waals surface area (Å²) in [6.45, 7) is 4.14. The van der Waals surface area contributed by atoms with Crippen LogP contribution in [0.25, 0.3) is 0 Å². The van der Waals surface area contributed by atoms with Crippen molar-refractivity contribution < 1.29 is 0 Å². The second-order valence-corrected chi connectivity index (χ2v) is 4.99. The van der Waals surface area contributed by atoms with E-state index >= 15 is 0 Å². The highest BCUT2D eigenvalue weighted by Gasteiger charge is 2.12. The van der Waals surface area contributed by atoms with Gasteiger partial charge in [0, 0.05) is 6.20 Å². The van der Waals surface area contributed by atoms with Crippen molar-refractivity contribution in [3.8, 4) is 0 Å². The summed E-state index contributed by atoms with van der Waals surface area (Å²) in [4.78, 5) is 9.80. The molecule has 0 spiro atoms. The number of hydrogen-bond acceptors (Lipinski definition) is 5. The minimum Gasteiger partial charge on any atom is -0.305 e. The Morgan fingerprint density at radius 3 is 3.21 bits per heavy atom. The van der Waals surface area contributed by atoms with Gasteiger partial charge in [0.2, 0.25) is 0 Å². The first-order chi connectivity index (χ1) is 6.79. The molecule has 0 radical (unpaired) electrons. The van der Waals surface area contributed by atoms with Crippen LogP contribution in [0, 0.1) is 6.92 Å². The molecule has 74 valence electrons. The highest BCUT2D eigenvalue weighted by molar-refractivity contribution is 8.15. The van der Waals surface area contributed by atoms with Crippen LogP contribution in [-0.4, -0.2) is 15.9 Å². The molecule has 0 aliphatic carbocycles. The first kappa shape index (κ1) is 9.86. The van der Waals surface area contributed by atoms with Crippen LogP contribution in [0.1, 0.15) is 12.5 Å². The molecule has 2 heterocycles. The molecule has 0 bridgehead atoms. The fourth-order valence-electron chi connectivity index (χ4n) is 1.11. The Bertz CT molecular complexity index is 376. The van der Waals surface area contributed by atoms with Crippen LogP contribution in [0.4, 0.5) is 5.82 Å². The van der Waals surface area contributed by atoms with Gasteiger partial charge >= 0.3 is 0 Å².